The number of para-hydroxylation sites is 1. The van der Waals surface area contributed by atoms with Crippen LogP contribution in [0.25, 0.3) is 10.2 Å². The van der Waals surface area contributed by atoms with Crippen LogP contribution in [0.4, 0.5) is 16.9 Å². The van der Waals surface area contributed by atoms with Crippen LogP contribution in [0.2, 0.25) is 0 Å². The fourth-order valence-electron chi connectivity index (χ4n) is 1.48. The van der Waals surface area contributed by atoms with E-state index in [2.05, 4.69) is 20.3 Å². The van der Waals surface area contributed by atoms with E-state index in [0.717, 1.165) is 15.3 Å². The van der Waals surface area contributed by atoms with E-state index in [-0.39, 0.29) is 5.95 Å². The number of anilines is 3. The molecule has 3 N–H and O–H groups in total. The van der Waals surface area contributed by atoms with Crippen LogP contribution in [0.5, 0.6) is 0 Å². The van der Waals surface area contributed by atoms with Crippen molar-refractivity contribution in [3.8, 4) is 0 Å². The molecular formula is C11H9N5S. The van der Waals surface area contributed by atoms with Crippen LogP contribution < -0.4 is 11.1 Å². The maximum absolute atomic E-state index is 5.51. The maximum atomic E-state index is 5.51. The molecule has 0 bridgehead atoms. The molecule has 0 aliphatic rings. The molecule has 0 saturated carbocycles. The summed E-state index contributed by atoms with van der Waals surface area (Å²) >= 11 is 1.57. The minimum Gasteiger partial charge on any atom is -0.368 e. The highest BCUT2D eigenvalue weighted by molar-refractivity contribution is 7.22. The molecule has 0 radical (unpaired) electrons. The molecule has 0 saturated heterocycles. The second kappa shape index (κ2) is 3.99. The monoisotopic (exact) mass is 243 g/mol. The third-order valence-electron chi connectivity index (χ3n) is 2.20. The number of nitrogens with two attached hydrogens (primary N) is 1. The Morgan fingerprint density at radius 2 is 2.00 bits per heavy atom. The molecule has 5 nitrogen and oxygen atoms in total. The zero-order valence-corrected chi connectivity index (χ0v) is 9.61. The van der Waals surface area contributed by atoms with Crippen LogP contribution in [0, 0.1) is 0 Å². The number of nitrogens with one attached hydrogen (secondary N) is 1. The highest BCUT2D eigenvalue weighted by Crippen LogP contribution is 2.27. The minimum atomic E-state index is 0.246. The van der Waals surface area contributed by atoms with E-state index in [1.54, 1.807) is 23.6 Å². The molecule has 3 rings (SSSR count). The molecule has 2 aromatic heterocycles. The number of nitrogens with zero attached hydrogens (tertiary/aromatic N) is 3. The van der Waals surface area contributed by atoms with Gasteiger partial charge in [-0.2, -0.15) is 4.98 Å². The molecule has 0 amide bonds. The average molecular weight is 243 g/mol. The Kier molecular flexibility index (Phi) is 2.34. The molecule has 0 spiro atoms. The van der Waals surface area contributed by atoms with Gasteiger partial charge in [0, 0.05) is 6.20 Å². The Morgan fingerprint density at radius 3 is 2.82 bits per heavy atom. The van der Waals surface area contributed by atoms with E-state index in [1.165, 1.54) is 0 Å². The molecule has 0 fully saturated rings. The van der Waals surface area contributed by atoms with Gasteiger partial charge in [0.05, 0.1) is 10.2 Å². The van der Waals surface area contributed by atoms with E-state index >= 15 is 0 Å². The maximum Gasteiger partial charge on any atom is 0.221 e. The van der Waals surface area contributed by atoms with E-state index < -0.39 is 0 Å². The highest BCUT2D eigenvalue weighted by Gasteiger charge is 2.03. The summed E-state index contributed by atoms with van der Waals surface area (Å²) < 4.78 is 1.14. The second-order valence-electron chi connectivity index (χ2n) is 3.41. The zero-order valence-electron chi connectivity index (χ0n) is 8.79. The second-order valence-corrected chi connectivity index (χ2v) is 4.44. The number of aromatic nitrogens is 3. The standard InChI is InChI=1S/C11H9N5S/c12-10-13-6-5-9(15-10)16-11-14-7-3-1-2-4-8(7)17-11/h1-6H,(H3,12,13,14,15,16). The van der Waals surface area contributed by atoms with Gasteiger partial charge in [-0.25, -0.2) is 9.97 Å². The number of rotatable bonds is 2. The molecule has 6 heteroatoms. The summed E-state index contributed by atoms with van der Waals surface area (Å²) in [5.41, 5.74) is 6.48. The van der Waals surface area contributed by atoms with Crippen molar-refractivity contribution in [1.29, 1.82) is 0 Å². The number of nitrogen functional groups attached to an aromatic ring is 1. The predicted octanol–water partition coefficient (Wildman–Crippen LogP) is 2.41. The van der Waals surface area contributed by atoms with Gasteiger partial charge in [-0.05, 0) is 18.2 Å². The van der Waals surface area contributed by atoms with Crippen LogP contribution in [-0.2, 0) is 0 Å². The number of benzene rings is 1. The van der Waals surface area contributed by atoms with E-state index in [1.807, 2.05) is 24.3 Å². The molecule has 0 atom stereocenters. The van der Waals surface area contributed by atoms with Crippen LogP contribution in [0.15, 0.2) is 36.5 Å². The summed E-state index contributed by atoms with van der Waals surface area (Å²) in [4.78, 5) is 12.3. The SMILES string of the molecule is Nc1nccc(Nc2nc3ccccc3s2)n1. The molecule has 1 aromatic carbocycles. The molecule has 0 unspecified atom stereocenters. The Balaban J connectivity index is 1.94. The third kappa shape index (κ3) is 2.02. The van der Waals surface area contributed by atoms with Gasteiger partial charge in [0.25, 0.3) is 0 Å². The van der Waals surface area contributed by atoms with Gasteiger partial charge < -0.3 is 11.1 Å². The molecular weight excluding hydrogens is 234 g/mol. The lowest BCUT2D eigenvalue weighted by molar-refractivity contribution is 1.18. The quantitative estimate of drug-likeness (QED) is 0.722. The van der Waals surface area contributed by atoms with Crippen molar-refractivity contribution in [3.05, 3.63) is 36.5 Å². The summed E-state index contributed by atoms with van der Waals surface area (Å²) in [6.07, 6.45) is 1.61. The largest absolute Gasteiger partial charge is 0.368 e. The number of fused-ring (bicyclic) bond motifs is 1. The van der Waals surface area contributed by atoms with Gasteiger partial charge >= 0.3 is 0 Å². The molecule has 17 heavy (non-hydrogen) atoms. The number of thiazole rings is 1. The number of hydrogen-bond acceptors (Lipinski definition) is 6. The summed E-state index contributed by atoms with van der Waals surface area (Å²) in [6, 6.07) is 9.72. The first-order chi connectivity index (χ1) is 8.31. The van der Waals surface area contributed by atoms with Crippen molar-refractivity contribution >= 4 is 38.5 Å². The third-order valence-corrected chi connectivity index (χ3v) is 3.15. The fraction of sp³-hybridized carbons (Fsp3) is 0. The van der Waals surface area contributed by atoms with Crippen LogP contribution in [-0.4, -0.2) is 15.0 Å². The first-order valence-electron chi connectivity index (χ1n) is 5.02. The lowest BCUT2D eigenvalue weighted by Gasteiger charge is -2.00. The fourth-order valence-corrected chi connectivity index (χ4v) is 2.35. The van der Waals surface area contributed by atoms with E-state index in [0.29, 0.717) is 5.82 Å². The van der Waals surface area contributed by atoms with Crippen LogP contribution >= 0.6 is 11.3 Å². The zero-order chi connectivity index (χ0) is 11.7. The van der Waals surface area contributed by atoms with E-state index in [9.17, 15) is 0 Å². The molecule has 2 heterocycles. The average Bonchev–Trinajstić information content (AvgIpc) is 2.71. The predicted molar refractivity (Wildman–Crippen MR) is 69.3 cm³/mol. The Bertz CT molecular complexity index is 631. The summed E-state index contributed by atoms with van der Waals surface area (Å²) in [7, 11) is 0. The van der Waals surface area contributed by atoms with Crippen molar-refractivity contribution < 1.29 is 0 Å². The van der Waals surface area contributed by atoms with Crippen molar-refractivity contribution in [3.63, 3.8) is 0 Å². The van der Waals surface area contributed by atoms with Gasteiger partial charge in [-0.1, -0.05) is 23.5 Å². The molecule has 0 aliphatic carbocycles. The molecule has 0 aliphatic heterocycles. The summed E-state index contributed by atoms with van der Waals surface area (Å²) in [6.45, 7) is 0. The molecule has 3 aromatic rings. The normalized spacial score (nSPS) is 10.6. The first kappa shape index (κ1) is 9.98. The Labute approximate surface area is 101 Å². The Hall–Kier alpha value is -2.21. The van der Waals surface area contributed by atoms with Gasteiger partial charge in [0.1, 0.15) is 5.82 Å². The summed E-state index contributed by atoms with van der Waals surface area (Å²) in [5.74, 6) is 0.896. The Morgan fingerprint density at radius 1 is 1.12 bits per heavy atom. The van der Waals surface area contributed by atoms with Gasteiger partial charge in [-0.15, -0.1) is 0 Å². The topological polar surface area (TPSA) is 76.7 Å². The smallest absolute Gasteiger partial charge is 0.221 e. The van der Waals surface area contributed by atoms with Crippen molar-refractivity contribution in [2.75, 3.05) is 11.1 Å². The van der Waals surface area contributed by atoms with Crippen molar-refractivity contribution in [1.82, 2.24) is 15.0 Å². The van der Waals surface area contributed by atoms with Crippen molar-refractivity contribution in [2.45, 2.75) is 0 Å². The molecule has 84 valence electrons. The van der Waals surface area contributed by atoms with Crippen molar-refractivity contribution in [2.24, 2.45) is 0 Å². The van der Waals surface area contributed by atoms with Crippen LogP contribution in [0.1, 0.15) is 0 Å². The lowest BCUT2D eigenvalue weighted by atomic mass is 10.3. The minimum absolute atomic E-state index is 0.246. The first-order valence-corrected chi connectivity index (χ1v) is 5.84. The lowest BCUT2D eigenvalue weighted by Crippen LogP contribution is -1.98. The van der Waals surface area contributed by atoms with Gasteiger partial charge in [-0.3, -0.25) is 0 Å². The number of hydrogen-bond donors (Lipinski definition) is 2. The highest BCUT2D eigenvalue weighted by atomic mass is 32.1. The van der Waals surface area contributed by atoms with Gasteiger partial charge in [0.2, 0.25) is 5.95 Å². The van der Waals surface area contributed by atoms with Gasteiger partial charge in [0.15, 0.2) is 5.13 Å². The summed E-state index contributed by atoms with van der Waals surface area (Å²) in [5, 5.41) is 3.91. The van der Waals surface area contributed by atoms with E-state index in [4.69, 9.17) is 5.73 Å². The van der Waals surface area contributed by atoms with Crippen LogP contribution in [0.3, 0.4) is 0 Å².